The van der Waals surface area contributed by atoms with Gasteiger partial charge in [-0.1, -0.05) is 29.3 Å². The van der Waals surface area contributed by atoms with Crippen LogP contribution in [0.25, 0.3) is 0 Å². The van der Waals surface area contributed by atoms with E-state index in [1.807, 2.05) is 19.9 Å². The number of aliphatic imine (C=N–C) groups is 1. The van der Waals surface area contributed by atoms with E-state index in [4.69, 9.17) is 23.2 Å². The first-order valence-electron chi connectivity index (χ1n) is 6.53. The van der Waals surface area contributed by atoms with Gasteiger partial charge in [0, 0.05) is 15.1 Å². The molecule has 0 spiro atoms. The lowest BCUT2D eigenvalue weighted by Gasteiger charge is -2.07. The molecular weight excluding hydrogens is 387 g/mol. The summed E-state index contributed by atoms with van der Waals surface area (Å²) in [5.41, 5.74) is 4.24. The summed E-state index contributed by atoms with van der Waals surface area (Å²) in [4.78, 5) is 16.8. The van der Waals surface area contributed by atoms with Crippen molar-refractivity contribution < 1.29 is 4.79 Å². The van der Waals surface area contributed by atoms with Crippen molar-refractivity contribution >= 4 is 62.1 Å². The molecule has 2 aromatic carbocycles. The molecule has 112 valence electrons. The van der Waals surface area contributed by atoms with Crippen LogP contribution in [0.5, 0.6) is 0 Å². The minimum absolute atomic E-state index is 0.244. The van der Waals surface area contributed by atoms with Crippen LogP contribution in [0, 0.1) is 13.8 Å². The molecule has 2 aromatic rings. The zero-order valence-corrected chi connectivity index (χ0v) is 14.9. The molecule has 3 nitrogen and oxygen atoms in total. The highest BCUT2D eigenvalue weighted by Crippen LogP contribution is 2.38. The first-order valence-corrected chi connectivity index (χ1v) is 8.08. The molecule has 0 saturated heterocycles. The van der Waals surface area contributed by atoms with E-state index in [0.29, 0.717) is 27.1 Å². The molecule has 0 saturated carbocycles. The Bertz CT molecular complexity index is 847. The Hall–Kier alpha value is -1.36. The molecule has 0 atom stereocenters. The van der Waals surface area contributed by atoms with Gasteiger partial charge in [0.1, 0.15) is 5.71 Å². The monoisotopic (exact) mass is 396 g/mol. The van der Waals surface area contributed by atoms with Crippen LogP contribution in [0.15, 0.2) is 33.7 Å². The van der Waals surface area contributed by atoms with Crippen molar-refractivity contribution in [2.24, 2.45) is 4.99 Å². The maximum absolute atomic E-state index is 12.3. The summed E-state index contributed by atoms with van der Waals surface area (Å²) < 4.78 is 0.734. The number of benzene rings is 2. The lowest BCUT2D eigenvalue weighted by atomic mass is 10.1. The first-order chi connectivity index (χ1) is 10.4. The number of fused-ring (bicyclic) bond motifs is 1. The van der Waals surface area contributed by atoms with Crippen LogP contribution in [-0.2, 0) is 4.79 Å². The highest BCUT2D eigenvalue weighted by atomic mass is 79.9. The number of rotatable bonds is 1. The van der Waals surface area contributed by atoms with E-state index >= 15 is 0 Å². The molecule has 0 aliphatic carbocycles. The molecular formula is C16H11BrCl2N2O. The zero-order valence-electron chi connectivity index (χ0n) is 11.8. The second kappa shape index (κ2) is 5.69. The van der Waals surface area contributed by atoms with Gasteiger partial charge in [-0.05, 0) is 59.1 Å². The average molecular weight is 398 g/mol. The fraction of sp³-hybridized carbons (Fsp3) is 0.125. The Labute approximate surface area is 146 Å². The highest BCUT2D eigenvalue weighted by molar-refractivity contribution is 9.10. The van der Waals surface area contributed by atoms with Crippen LogP contribution < -0.4 is 5.32 Å². The van der Waals surface area contributed by atoms with E-state index < -0.39 is 0 Å². The number of carbonyl (C=O) groups excluding carboxylic acids is 1. The number of nitrogens with zero attached hydrogens (tertiary/aromatic N) is 1. The third-order valence-electron chi connectivity index (χ3n) is 3.57. The van der Waals surface area contributed by atoms with Crippen molar-refractivity contribution in [3.05, 3.63) is 55.5 Å². The number of aryl methyl sites for hydroxylation is 1. The summed E-state index contributed by atoms with van der Waals surface area (Å²) in [6.45, 7) is 3.78. The fourth-order valence-electron chi connectivity index (χ4n) is 2.33. The first kappa shape index (κ1) is 15.5. The van der Waals surface area contributed by atoms with Crippen LogP contribution in [0.1, 0.15) is 16.7 Å². The smallest absolute Gasteiger partial charge is 0.275 e. The SMILES string of the molecule is Cc1ccc(Cl)cc1N=C1C(=O)Nc2c1cc(Br)c(Cl)c2C. The summed E-state index contributed by atoms with van der Waals surface area (Å²) in [6.07, 6.45) is 0. The van der Waals surface area contributed by atoms with Gasteiger partial charge in [-0.15, -0.1) is 0 Å². The van der Waals surface area contributed by atoms with Crippen LogP contribution in [0.2, 0.25) is 10.0 Å². The zero-order chi connectivity index (χ0) is 16.0. The molecule has 1 aliphatic rings. The quantitative estimate of drug-likeness (QED) is 0.683. The minimum Gasteiger partial charge on any atom is -0.320 e. The second-order valence-electron chi connectivity index (χ2n) is 5.07. The predicted molar refractivity (Wildman–Crippen MR) is 94.9 cm³/mol. The number of amides is 1. The molecule has 0 aromatic heterocycles. The highest BCUT2D eigenvalue weighted by Gasteiger charge is 2.29. The van der Waals surface area contributed by atoms with Crippen LogP contribution >= 0.6 is 39.1 Å². The largest absolute Gasteiger partial charge is 0.320 e. The van der Waals surface area contributed by atoms with Crippen molar-refractivity contribution in [2.45, 2.75) is 13.8 Å². The van der Waals surface area contributed by atoms with E-state index in [1.165, 1.54) is 0 Å². The molecule has 6 heteroatoms. The van der Waals surface area contributed by atoms with Gasteiger partial charge in [0.25, 0.3) is 5.91 Å². The molecule has 0 radical (unpaired) electrons. The number of halogens is 3. The van der Waals surface area contributed by atoms with Gasteiger partial charge in [-0.25, -0.2) is 4.99 Å². The van der Waals surface area contributed by atoms with Crippen molar-refractivity contribution in [2.75, 3.05) is 5.32 Å². The molecule has 3 rings (SSSR count). The maximum atomic E-state index is 12.3. The molecule has 1 amide bonds. The Morgan fingerprint density at radius 1 is 1.18 bits per heavy atom. The van der Waals surface area contributed by atoms with E-state index in [-0.39, 0.29) is 5.91 Å². The van der Waals surface area contributed by atoms with Gasteiger partial charge in [0.2, 0.25) is 0 Å². The molecule has 0 bridgehead atoms. The standard InChI is InChI=1S/C16H11BrCl2N2O/c1-7-3-4-9(18)5-12(7)20-15-10-6-11(17)13(19)8(2)14(10)21-16(15)22/h3-6H,1-2H3,(H,20,21,22). The lowest BCUT2D eigenvalue weighted by Crippen LogP contribution is -2.14. The minimum atomic E-state index is -0.244. The molecule has 0 unspecified atom stereocenters. The van der Waals surface area contributed by atoms with Crippen molar-refractivity contribution in [1.82, 2.24) is 0 Å². The van der Waals surface area contributed by atoms with Gasteiger partial charge in [-0.3, -0.25) is 4.79 Å². The van der Waals surface area contributed by atoms with Gasteiger partial charge in [0.05, 0.1) is 16.4 Å². The fourth-order valence-corrected chi connectivity index (χ4v) is 3.17. The number of hydrogen-bond donors (Lipinski definition) is 1. The van der Waals surface area contributed by atoms with Crippen molar-refractivity contribution in [3.8, 4) is 0 Å². The number of anilines is 1. The van der Waals surface area contributed by atoms with Gasteiger partial charge < -0.3 is 5.32 Å². The lowest BCUT2D eigenvalue weighted by molar-refractivity contribution is -0.110. The third-order valence-corrected chi connectivity index (χ3v) is 5.14. The van der Waals surface area contributed by atoms with E-state index in [2.05, 4.69) is 26.2 Å². The summed E-state index contributed by atoms with van der Waals surface area (Å²) in [7, 11) is 0. The summed E-state index contributed by atoms with van der Waals surface area (Å²) in [5, 5.41) is 3.99. The molecule has 22 heavy (non-hydrogen) atoms. The number of carbonyl (C=O) groups is 1. The Morgan fingerprint density at radius 2 is 1.91 bits per heavy atom. The topological polar surface area (TPSA) is 41.5 Å². The summed E-state index contributed by atoms with van der Waals surface area (Å²) >= 11 is 15.6. The normalized spacial score (nSPS) is 15.1. The Kier molecular flexibility index (Phi) is 4.02. The average Bonchev–Trinajstić information content (AvgIpc) is 2.77. The summed E-state index contributed by atoms with van der Waals surface area (Å²) in [6, 6.07) is 7.22. The third kappa shape index (κ3) is 2.56. The van der Waals surface area contributed by atoms with E-state index in [0.717, 1.165) is 21.2 Å². The van der Waals surface area contributed by atoms with Crippen LogP contribution in [0.4, 0.5) is 11.4 Å². The molecule has 0 fully saturated rings. The van der Waals surface area contributed by atoms with E-state index in [1.54, 1.807) is 18.2 Å². The Morgan fingerprint density at radius 3 is 2.64 bits per heavy atom. The van der Waals surface area contributed by atoms with Gasteiger partial charge in [0.15, 0.2) is 0 Å². The van der Waals surface area contributed by atoms with Crippen molar-refractivity contribution in [1.29, 1.82) is 0 Å². The predicted octanol–water partition coefficient (Wildman–Crippen LogP) is 5.45. The molecule has 1 N–H and O–H groups in total. The second-order valence-corrected chi connectivity index (χ2v) is 6.73. The van der Waals surface area contributed by atoms with Gasteiger partial charge >= 0.3 is 0 Å². The number of hydrogen-bond acceptors (Lipinski definition) is 2. The maximum Gasteiger partial charge on any atom is 0.275 e. The van der Waals surface area contributed by atoms with Crippen molar-refractivity contribution in [3.63, 3.8) is 0 Å². The summed E-state index contributed by atoms with van der Waals surface area (Å²) in [5.74, 6) is -0.244. The van der Waals surface area contributed by atoms with Gasteiger partial charge in [-0.2, -0.15) is 0 Å². The number of nitrogens with one attached hydrogen (secondary N) is 1. The molecule has 1 aliphatic heterocycles. The Balaban J connectivity index is 2.21. The van der Waals surface area contributed by atoms with E-state index in [9.17, 15) is 4.79 Å². The van der Waals surface area contributed by atoms with Crippen LogP contribution in [-0.4, -0.2) is 11.6 Å². The van der Waals surface area contributed by atoms with Crippen LogP contribution in [0.3, 0.4) is 0 Å². The molecule has 1 heterocycles.